The summed E-state index contributed by atoms with van der Waals surface area (Å²) < 4.78 is 11.8. The van der Waals surface area contributed by atoms with Gasteiger partial charge in [0.15, 0.2) is 5.71 Å². The summed E-state index contributed by atoms with van der Waals surface area (Å²) in [6.45, 7) is 5.60. The Morgan fingerprint density at radius 3 is 2.29 bits per heavy atom. The summed E-state index contributed by atoms with van der Waals surface area (Å²) in [5, 5.41) is 12.0. The molecular weight excluding hydrogens is 218 g/mol. The van der Waals surface area contributed by atoms with Crippen molar-refractivity contribution in [3.8, 4) is 5.75 Å². The number of methoxy groups -OCH3 is 1. The van der Waals surface area contributed by atoms with E-state index in [2.05, 4.69) is 0 Å². The molecule has 1 aliphatic rings. The molecule has 0 bridgehead atoms. The third-order valence-corrected chi connectivity index (χ3v) is 3.22. The van der Waals surface area contributed by atoms with Crippen LogP contribution in [0, 0.1) is 5.21 Å². The van der Waals surface area contributed by atoms with Gasteiger partial charge in [-0.1, -0.05) is 0 Å². The Morgan fingerprint density at radius 1 is 1.29 bits per heavy atom. The van der Waals surface area contributed by atoms with Crippen LogP contribution in [0.1, 0.15) is 32.6 Å². The zero-order chi connectivity index (χ0) is 12.6. The third-order valence-electron chi connectivity index (χ3n) is 3.22. The van der Waals surface area contributed by atoms with E-state index in [9.17, 15) is 5.21 Å². The van der Waals surface area contributed by atoms with Crippen LogP contribution in [0.3, 0.4) is 0 Å². The van der Waals surface area contributed by atoms with Gasteiger partial charge in [-0.05, 0) is 38.1 Å². The van der Waals surface area contributed by atoms with Crippen molar-refractivity contribution in [3.05, 3.63) is 35.0 Å². The molecule has 0 spiro atoms. The fraction of sp³-hybridized carbons (Fsp3) is 0.462. The second-order valence-corrected chi connectivity index (χ2v) is 4.66. The van der Waals surface area contributed by atoms with Crippen molar-refractivity contribution in [3.63, 3.8) is 0 Å². The van der Waals surface area contributed by atoms with E-state index in [1.807, 2.05) is 38.1 Å². The fourth-order valence-electron chi connectivity index (χ4n) is 1.83. The number of ether oxygens (including phenoxy) is 2. The van der Waals surface area contributed by atoms with Crippen LogP contribution in [0.25, 0.3) is 0 Å². The molecule has 1 unspecified atom stereocenters. The maximum atomic E-state index is 12.0. The van der Waals surface area contributed by atoms with Gasteiger partial charge in [0.05, 0.1) is 12.7 Å². The molecule has 1 atom stereocenters. The summed E-state index contributed by atoms with van der Waals surface area (Å²) in [5.74, 6) is 0.768. The van der Waals surface area contributed by atoms with Gasteiger partial charge in [-0.2, -0.15) is 4.74 Å². The minimum absolute atomic E-state index is 0.508. The van der Waals surface area contributed by atoms with Crippen molar-refractivity contribution >= 4 is 5.71 Å². The van der Waals surface area contributed by atoms with Crippen molar-refractivity contribution in [2.75, 3.05) is 7.11 Å². The van der Waals surface area contributed by atoms with Gasteiger partial charge in [-0.15, -0.1) is 0 Å². The number of hydrogen-bond donors (Lipinski definition) is 0. The highest BCUT2D eigenvalue weighted by Gasteiger charge is 2.43. The topological polar surface area (TPSA) is 44.5 Å². The first kappa shape index (κ1) is 11.9. The molecule has 0 amide bonds. The minimum atomic E-state index is -0.559. The normalized spacial score (nSPS) is 22.9. The first-order chi connectivity index (χ1) is 7.95. The van der Waals surface area contributed by atoms with Crippen LogP contribution in [-0.2, 0) is 4.74 Å². The second-order valence-electron chi connectivity index (χ2n) is 4.66. The molecule has 1 aromatic carbocycles. The van der Waals surface area contributed by atoms with Crippen LogP contribution < -0.4 is 4.74 Å². The molecule has 0 aromatic heterocycles. The van der Waals surface area contributed by atoms with Crippen LogP contribution in [0.4, 0.5) is 0 Å². The molecule has 17 heavy (non-hydrogen) atoms. The molecule has 0 radical (unpaired) electrons. The lowest BCUT2D eigenvalue weighted by molar-refractivity contribution is -0.547. The molecule has 2 rings (SSSR count). The van der Waals surface area contributed by atoms with E-state index in [1.165, 1.54) is 0 Å². The van der Waals surface area contributed by atoms with E-state index < -0.39 is 11.8 Å². The van der Waals surface area contributed by atoms with Crippen LogP contribution in [0.5, 0.6) is 5.75 Å². The lowest BCUT2D eigenvalue weighted by Gasteiger charge is -2.15. The van der Waals surface area contributed by atoms with Gasteiger partial charge in [0.25, 0.3) is 6.23 Å². The predicted octanol–water partition coefficient (Wildman–Crippen LogP) is 2.47. The van der Waals surface area contributed by atoms with Crippen molar-refractivity contribution in [2.45, 2.75) is 32.6 Å². The molecule has 4 heteroatoms. The molecule has 1 aromatic rings. The molecule has 0 aliphatic carbocycles. The van der Waals surface area contributed by atoms with Crippen molar-refractivity contribution in [1.82, 2.24) is 0 Å². The third kappa shape index (κ3) is 2.00. The molecule has 0 saturated heterocycles. The lowest BCUT2D eigenvalue weighted by atomic mass is 10.1. The molecule has 0 N–H and O–H groups in total. The summed E-state index contributed by atoms with van der Waals surface area (Å²) in [7, 11) is 1.61. The Kier molecular flexibility index (Phi) is 2.83. The van der Waals surface area contributed by atoms with E-state index in [-0.39, 0.29) is 0 Å². The van der Waals surface area contributed by atoms with E-state index in [4.69, 9.17) is 9.47 Å². The van der Waals surface area contributed by atoms with Crippen molar-refractivity contribution in [2.24, 2.45) is 0 Å². The van der Waals surface area contributed by atoms with Gasteiger partial charge >= 0.3 is 0 Å². The molecule has 0 saturated carbocycles. The van der Waals surface area contributed by atoms with Gasteiger partial charge in [0.2, 0.25) is 0 Å². The number of hydrogen-bond acceptors (Lipinski definition) is 3. The molecule has 1 heterocycles. The molecule has 4 nitrogen and oxygen atoms in total. The van der Waals surface area contributed by atoms with E-state index in [1.54, 1.807) is 14.0 Å². The van der Waals surface area contributed by atoms with Crippen LogP contribution >= 0.6 is 0 Å². The summed E-state index contributed by atoms with van der Waals surface area (Å²) in [5.41, 5.74) is 1.02. The highest BCUT2D eigenvalue weighted by Crippen LogP contribution is 2.32. The Hall–Kier alpha value is -1.55. The van der Waals surface area contributed by atoms with Crippen molar-refractivity contribution < 1.29 is 14.2 Å². The Labute approximate surface area is 101 Å². The molecule has 92 valence electrons. The van der Waals surface area contributed by atoms with Gasteiger partial charge in [0.1, 0.15) is 11.4 Å². The second kappa shape index (κ2) is 4.04. The summed E-state index contributed by atoms with van der Waals surface area (Å²) in [6.07, 6.45) is -0.559. The summed E-state index contributed by atoms with van der Waals surface area (Å²) >= 11 is 0. The standard InChI is InChI=1S/C13H17NO3/c1-9-13(2,3)17-12(14(9)15)10-5-7-11(16-4)8-6-10/h5-8,12H,1-4H3. The molecule has 0 fully saturated rings. The first-order valence-electron chi connectivity index (χ1n) is 5.58. The Morgan fingerprint density at radius 2 is 1.88 bits per heavy atom. The van der Waals surface area contributed by atoms with Crippen LogP contribution in [0.15, 0.2) is 24.3 Å². The Bertz CT molecular complexity index is 448. The molecule has 1 aliphatic heterocycles. The number of nitrogens with zero attached hydrogens (tertiary/aromatic N) is 1. The highest BCUT2D eigenvalue weighted by molar-refractivity contribution is 5.86. The SMILES string of the molecule is COc1ccc(C2OC(C)(C)C(C)=[N+]2[O-])cc1. The van der Waals surface area contributed by atoms with Gasteiger partial charge < -0.3 is 9.94 Å². The minimum Gasteiger partial charge on any atom is -0.622 e. The lowest BCUT2D eigenvalue weighted by Crippen LogP contribution is -2.28. The van der Waals surface area contributed by atoms with Crippen LogP contribution in [-0.4, -0.2) is 23.2 Å². The number of benzene rings is 1. The first-order valence-corrected chi connectivity index (χ1v) is 5.58. The molecular formula is C13H17NO3. The fourth-order valence-corrected chi connectivity index (χ4v) is 1.83. The monoisotopic (exact) mass is 235 g/mol. The zero-order valence-electron chi connectivity index (χ0n) is 10.6. The van der Waals surface area contributed by atoms with E-state index in [0.717, 1.165) is 16.1 Å². The van der Waals surface area contributed by atoms with E-state index >= 15 is 0 Å². The zero-order valence-corrected chi connectivity index (χ0v) is 10.6. The Balaban J connectivity index is 2.30. The van der Waals surface area contributed by atoms with E-state index in [0.29, 0.717) is 5.71 Å². The largest absolute Gasteiger partial charge is 0.622 e. The van der Waals surface area contributed by atoms with Crippen LogP contribution in [0.2, 0.25) is 0 Å². The number of hydroxylamine groups is 1. The smallest absolute Gasteiger partial charge is 0.295 e. The van der Waals surface area contributed by atoms with Gasteiger partial charge in [-0.25, -0.2) is 0 Å². The maximum Gasteiger partial charge on any atom is 0.295 e. The van der Waals surface area contributed by atoms with Gasteiger partial charge in [-0.3, -0.25) is 4.74 Å². The highest BCUT2D eigenvalue weighted by atomic mass is 16.6. The van der Waals surface area contributed by atoms with Crippen molar-refractivity contribution in [1.29, 1.82) is 0 Å². The van der Waals surface area contributed by atoms with Gasteiger partial charge in [0, 0.05) is 6.92 Å². The average molecular weight is 235 g/mol. The maximum absolute atomic E-state index is 12.0. The predicted molar refractivity (Wildman–Crippen MR) is 65.2 cm³/mol. The summed E-state index contributed by atoms with van der Waals surface area (Å²) in [6, 6.07) is 7.35. The quantitative estimate of drug-likeness (QED) is 0.584. The summed E-state index contributed by atoms with van der Waals surface area (Å²) in [4.78, 5) is 0. The average Bonchev–Trinajstić information content (AvgIpc) is 2.53. The number of rotatable bonds is 2.